The molecule has 0 heterocycles. The van der Waals surface area contributed by atoms with E-state index in [-0.39, 0.29) is 43.3 Å². The molecule has 0 N–H and O–H groups in total. The zero-order chi connectivity index (χ0) is 20.3. The van der Waals surface area contributed by atoms with Crippen LogP contribution >= 0.6 is 0 Å². The molecule has 0 rings (SSSR count). The lowest BCUT2D eigenvalue weighted by molar-refractivity contribution is -0.140. The fourth-order valence-corrected chi connectivity index (χ4v) is 4.40. The van der Waals surface area contributed by atoms with Gasteiger partial charge in [-0.2, -0.15) is 0 Å². The Bertz CT molecular complexity index is 327. The molecule has 0 saturated heterocycles. The smallest absolute Gasteiger partial charge is 0.314 e. The second-order valence-electron chi connectivity index (χ2n) is 7.27. The fraction of sp³-hybridized carbons (Fsp3) is 0.905. The lowest BCUT2D eigenvalue weighted by Gasteiger charge is -2.16. The Morgan fingerprint density at radius 3 is 1.19 bits per heavy atom. The summed E-state index contributed by atoms with van der Waals surface area (Å²) in [5.74, 6) is -0.0447. The summed E-state index contributed by atoms with van der Waals surface area (Å²) in [6.45, 7) is 8.59. The van der Waals surface area contributed by atoms with Crippen molar-refractivity contribution < 1.29 is 18.4 Å². The molecule has 27 heavy (non-hydrogen) atoms. The molecule has 0 fully saturated rings. The molecule has 4 radical (unpaired) electrons. The van der Waals surface area contributed by atoms with Crippen LogP contribution in [0.25, 0.3) is 0 Å². The summed E-state index contributed by atoms with van der Waals surface area (Å²) in [5, 5.41) is 0. The summed E-state index contributed by atoms with van der Waals surface area (Å²) < 4.78 is 10.9. The van der Waals surface area contributed by atoms with E-state index in [1.807, 2.05) is 0 Å². The third-order valence-electron chi connectivity index (χ3n) is 4.78. The molecule has 0 bridgehead atoms. The molecule has 0 saturated carbocycles. The van der Waals surface area contributed by atoms with Crippen LogP contribution in [0.1, 0.15) is 105 Å². The molecular weight excluding hydrogens is 372 g/mol. The van der Waals surface area contributed by atoms with Crippen molar-refractivity contribution in [2.75, 3.05) is 0 Å². The van der Waals surface area contributed by atoms with Crippen molar-refractivity contribution in [3.8, 4) is 0 Å². The van der Waals surface area contributed by atoms with Gasteiger partial charge in [0.15, 0.2) is 0 Å². The van der Waals surface area contributed by atoms with Gasteiger partial charge >= 0.3 is 19.5 Å². The van der Waals surface area contributed by atoms with E-state index < -0.39 is 0 Å². The summed E-state index contributed by atoms with van der Waals surface area (Å²) in [7, 11) is 0.192. The number of carbonyl (C=O) groups excluding carboxylic acids is 2. The quantitative estimate of drug-likeness (QED) is 0.215. The van der Waals surface area contributed by atoms with Gasteiger partial charge in [-0.1, -0.05) is 79.1 Å². The van der Waals surface area contributed by atoms with Gasteiger partial charge < -0.3 is 8.85 Å². The van der Waals surface area contributed by atoms with Crippen LogP contribution in [0.2, 0.25) is 5.67 Å². The number of unbranched alkanes of at least 4 members (excludes halogenated alkanes) is 4. The first kappa shape index (κ1) is 26.4. The zero-order valence-electron chi connectivity index (χ0n) is 18.0. The lowest BCUT2D eigenvalue weighted by Crippen LogP contribution is -2.23. The molecule has 156 valence electrons. The van der Waals surface area contributed by atoms with Crippen LogP contribution in [0, 0.1) is 11.8 Å². The van der Waals surface area contributed by atoms with E-state index in [4.69, 9.17) is 8.85 Å². The molecule has 0 aromatic rings. The molecule has 6 heteroatoms. The van der Waals surface area contributed by atoms with E-state index in [0.717, 1.165) is 77.0 Å². The van der Waals surface area contributed by atoms with Gasteiger partial charge in [-0.25, -0.2) is 0 Å². The van der Waals surface area contributed by atoms with E-state index in [2.05, 4.69) is 27.7 Å². The summed E-state index contributed by atoms with van der Waals surface area (Å²) in [6.07, 6.45) is 12.4. The largest absolute Gasteiger partial charge is 0.516 e. The highest BCUT2D eigenvalue weighted by molar-refractivity contribution is 6.50. The van der Waals surface area contributed by atoms with E-state index >= 15 is 0 Å². The molecule has 0 aliphatic heterocycles. The van der Waals surface area contributed by atoms with Crippen LogP contribution in [-0.2, 0) is 18.4 Å². The monoisotopic (exact) mass is 412 g/mol. The Morgan fingerprint density at radius 2 is 0.926 bits per heavy atom. The first-order valence-electron chi connectivity index (χ1n) is 11.0. The molecule has 0 aliphatic carbocycles. The first-order valence-corrected chi connectivity index (χ1v) is 13.2. The van der Waals surface area contributed by atoms with Gasteiger partial charge in [0.2, 0.25) is 0 Å². The molecule has 4 nitrogen and oxygen atoms in total. The molecule has 0 unspecified atom stereocenters. The Kier molecular flexibility index (Phi) is 18.3. The molecular formula is C21H40O4Si2. The predicted octanol–water partition coefficient (Wildman–Crippen LogP) is 5.68. The number of carbonyl (C=O) groups is 2. The second kappa shape index (κ2) is 18.7. The van der Waals surface area contributed by atoms with Crippen LogP contribution in [0.3, 0.4) is 0 Å². The molecule has 0 amide bonds. The van der Waals surface area contributed by atoms with Crippen LogP contribution < -0.4 is 0 Å². The minimum Gasteiger partial charge on any atom is -0.516 e. The van der Waals surface area contributed by atoms with Crippen molar-refractivity contribution in [3.05, 3.63) is 0 Å². The van der Waals surface area contributed by atoms with Gasteiger partial charge in [0.25, 0.3) is 11.9 Å². The second-order valence-corrected chi connectivity index (χ2v) is 9.67. The first-order chi connectivity index (χ1) is 13.1. The maximum atomic E-state index is 12.3. The highest BCUT2D eigenvalue weighted by Gasteiger charge is 2.21. The van der Waals surface area contributed by atoms with Crippen LogP contribution in [0.5, 0.6) is 0 Å². The minimum atomic E-state index is -0.0601. The molecule has 0 aliphatic rings. The van der Waals surface area contributed by atoms with Crippen LogP contribution in [-0.4, -0.2) is 31.5 Å². The van der Waals surface area contributed by atoms with Crippen molar-refractivity contribution in [2.24, 2.45) is 11.8 Å². The Morgan fingerprint density at radius 1 is 0.630 bits per heavy atom. The molecule has 0 spiro atoms. The third-order valence-corrected chi connectivity index (χ3v) is 6.63. The fourth-order valence-electron chi connectivity index (χ4n) is 2.97. The minimum absolute atomic E-state index is 0.0377. The highest BCUT2D eigenvalue weighted by Crippen LogP contribution is 2.19. The average Bonchev–Trinajstić information content (AvgIpc) is 2.67. The SMILES string of the molecule is CCCCC(CCCC)C(=O)O[Si]C[Si]OC(=O)C(CCCC)CCCC. The number of hydrogen-bond acceptors (Lipinski definition) is 4. The molecule has 0 atom stereocenters. The van der Waals surface area contributed by atoms with Gasteiger partial charge in [-0.05, 0) is 25.7 Å². The topological polar surface area (TPSA) is 52.6 Å². The van der Waals surface area contributed by atoms with E-state index in [1.54, 1.807) is 0 Å². The van der Waals surface area contributed by atoms with Crippen LogP contribution in [0.15, 0.2) is 0 Å². The Hall–Kier alpha value is -0.626. The standard InChI is InChI=1S/C21H40O4Si2/c1-5-9-13-18(14-10-6-2)20(22)24-26-17-27-25-21(23)19(15-11-7-3)16-12-8-4/h18-19H,5-17H2,1-4H3. The summed E-state index contributed by atoms with van der Waals surface area (Å²) in [4.78, 5) is 24.6. The van der Waals surface area contributed by atoms with Crippen molar-refractivity contribution >= 4 is 31.5 Å². The number of rotatable bonds is 18. The van der Waals surface area contributed by atoms with Crippen molar-refractivity contribution in [2.45, 2.75) is 110 Å². The van der Waals surface area contributed by atoms with Gasteiger partial charge in [0.1, 0.15) is 0 Å². The molecule has 0 aromatic heterocycles. The average molecular weight is 413 g/mol. The van der Waals surface area contributed by atoms with Gasteiger partial charge in [-0.15, -0.1) is 0 Å². The number of hydrogen-bond donors (Lipinski definition) is 0. The van der Waals surface area contributed by atoms with E-state index in [0.29, 0.717) is 5.67 Å². The van der Waals surface area contributed by atoms with Crippen LogP contribution in [0.4, 0.5) is 0 Å². The van der Waals surface area contributed by atoms with Crippen molar-refractivity contribution in [1.29, 1.82) is 0 Å². The van der Waals surface area contributed by atoms with Gasteiger partial charge in [0, 0.05) is 5.67 Å². The summed E-state index contributed by atoms with van der Waals surface area (Å²) in [5.41, 5.74) is 0.639. The highest BCUT2D eigenvalue weighted by atomic mass is 28.3. The van der Waals surface area contributed by atoms with E-state index in [1.165, 1.54) is 0 Å². The van der Waals surface area contributed by atoms with E-state index in [9.17, 15) is 9.59 Å². The normalized spacial score (nSPS) is 11.2. The molecule has 0 aromatic carbocycles. The predicted molar refractivity (Wildman–Crippen MR) is 114 cm³/mol. The van der Waals surface area contributed by atoms with Crippen molar-refractivity contribution in [3.63, 3.8) is 0 Å². The third kappa shape index (κ3) is 14.1. The van der Waals surface area contributed by atoms with Gasteiger partial charge in [-0.3, -0.25) is 9.59 Å². The lowest BCUT2D eigenvalue weighted by atomic mass is 9.96. The summed E-state index contributed by atoms with van der Waals surface area (Å²) >= 11 is 0. The summed E-state index contributed by atoms with van der Waals surface area (Å²) in [6, 6.07) is 0. The maximum absolute atomic E-state index is 12.3. The maximum Gasteiger partial charge on any atom is 0.314 e. The Labute approximate surface area is 172 Å². The van der Waals surface area contributed by atoms with Gasteiger partial charge in [0.05, 0.1) is 11.8 Å². The Balaban J connectivity index is 4.10. The van der Waals surface area contributed by atoms with Crippen molar-refractivity contribution in [1.82, 2.24) is 0 Å². The zero-order valence-corrected chi connectivity index (χ0v) is 20.0.